The average molecular weight is 366 g/mol. The first-order valence-corrected chi connectivity index (χ1v) is 10.4. The summed E-state index contributed by atoms with van der Waals surface area (Å²) in [5.41, 5.74) is -0.380. The monoisotopic (exact) mass is 365 g/mol. The first-order chi connectivity index (χ1) is 12.6. The standard InChI is InChI=1S/C20H35N3O3/c1-26-16-20(8-10-21-11-9-20)19(25)23-14-12-22(13-15-23)18(24)7-6-17-4-2-3-5-17/h17,21H,2-16H2,1H3. The Bertz CT molecular complexity index is 471. The zero-order valence-corrected chi connectivity index (χ0v) is 16.3. The summed E-state index contributed by atoms with van der Waals surface area (Å²) in [7, 11) is 1.68. The highest BCUT2D eigenvalue weighted by Crippen LogP contribution is 2.32. The first kappa shape index (κ1) is 19.6. The van der Waals surface area contributed by atoms with Crippen LogP contribution in [-0.4, -0.2) is 74.6 Å². The number of amides is 2. The maximum absolute atomic E-state index is 13.2. The Morgan fingerprint density at radius 1 is 1.04 bits per heavy atom. The second-order valence-electron chi connectivity index (χ2n) is 8.33. The van der Waals surface area contributed by atoms with E-state index in [0.717, 1.165) is 38.3 Å². The number of nitrogens with one attached hydrogen (secondary N) is 1. The summed E-state index contributed by atoms with van der Waals surface area (Å²) < 4.78 is 5.40. The van der Waals surface area contributed by atoms with Gasteiger partial charge in [-0.3, -0.25) is 9.59 Å². The van der Waals surface area contributed by atoms with Crippen molar-refractivity contribution in [2.24, 2.45) is 11.3 Å². The highest BCUT2D eigenvalue weighted by molar-refractivity contribution is 5.83. The molecule has 148 valence electrons. The molecule has 0 aromatic rings. The highest BCUT2D eigenvalue weighted by Gasteiger charge is 2.43. The Labute approximate surface area is 157 Å². The van der Waals surface area contributed by atoms with Crippen LogP contribution >= 0.6 is 0 Å². The van der Waals surface area contributed by atoms with Gasteiger partial charge in [0.25, 0.3) is 0 Å². The van der Waals surface area contributed by atoms with Crippen molar-refractivity contribution in [3.63, 3.8) is 0 Å². The fourth-order valence-electron chi connectivity index (χ4n) is 4.88. The fraction of sp³-hybridized carbons (Fsp3) is 0.900. The lowest BCUT2D eigenvalue weighted by molar-refractivity contribution is -0.151. The van der Waals surface area contributed by atoms with E-state index in [0.29, 0.717) is 39.2 Å². The molecule has 1 N–H and O–H groups in total. The van der Waals surface area contributed by atoms with Gasteiger partial charge in [-0.15, -0.1) is 0 Å². The van der Waals surface area contributed by atoms with E-state index in [4.69, 9.17) is 4.74 Å². The van der Waals surface area contributed by atoms with Gasteiger partial charge >= 0.3 is 0 Å². The van der Waals surface area contributed by atoms with Gasteiger partial charge in [-0.25, -0.2) is 0 Å². The van der Waals surface area contributed by atoms with Gasteiger partial charge in [-0.1, -0.05) is 25.7 Å². The van der Waals surface area contributed by atoms with Crippen molar-refractivity contribution in [3.05, 3.63) is 0 Å². The molecule has 3 rings (SSSR count). The quantitative estimate of drug-likeness (QED) is 0.777. The molecule has 0 unspecified atom stereocenters. The molecule has 0 atom stereocenters. The number of nitrogens with zero attached hydrogens (tertiary/aromatic N) is 2. The van der Waals surface area contributed by atoms with Gasteiger partial charge in [-0.2, -0.15) is 0 Å². The van der Waals surface area contributed by atoms with E-state index < -0.39 is 0 Å². The Hall–Kier alpha value is -1.14. The van der Waals surface area contributed by atoms with Crippen LogP contribution in [0, 0.1) is 11.3 Å². The topological polar surface area (TPSA) is 61.9 Å². The predicted molar refractivity (Wildman–Crippen MR) is 101 cm³/mol. The van der Waals surface area contributed by atoms with E-state index in [1.54, 1.807) is 7.11 Å². The number of carbonyl (C=O) groups is 2. The number of hydrogen-bond acceptors (Lipinski definition) is 4. The number of ether oxygens (including phenoxy) is 1. The van der Waals surface area contributed by atoms with Crippen LogP contribution in [0.5, 0.6) is 0 Å². The van der Waals surface area contributed by atoms with Crippen LogP contribution in [-0.2, 0) is 14.3 Å². The predicted octanol–water partition coefficient (Wildman–Crippen LogP) is 1.64. The molecule has 2 amide bonds. The molecule has 0 bridgehead atoms. The number of methoxy groups -OCH3 is 1. The van der Waals surface area contributed by atoms with E-state index in [-0.39, 0.29) is 17.2 Å². The molecule has 1 aliphatic carbocycles. The van der Waals surface area contributed by atoms with Crippen LogP contribution in [0.2, 0.25) is 0 Å². The zero-order valence-electron chi connectivity index (χ0n) is 16.3. The maximum Gasteiger partial charge on any atom is 0.231 e. The third kappa shape index (κ3) is 4.58. The van der Waals surface area contributed by atoms with E-state index in [1.807, 2.05) is 9.80 Å². The molecule has 26 heavy (non-hydrogen) atoms. The highest BCUT2D eigenvalue weighted by atomic mass is 16.5. The molecule has 0 radical (unpaired) electrons. The number of hydrogen-bond donors (Lipinski definition) is 1. The minimum atomic E-state index is -0.380. The van der Waals surface area contributed by atoms with Crippen LogP contribution < -0.4 is 5.32 Å². The van der Waals surface area contributed by atoms with Gasteiger partial charge in [0.2, 0.25) is 11.8 Å². The number of carbonyl (C=O) groups excluding carboxylic acids is 2. The minimum absolute atomic E-state index is 0.221. The van der Waals surface area contributed by atoms with Crippen molar-refractivity contribution in [3.8, 4) is 0 Å². The van der Waals surface area contributed by atoms with Gasteiger partial charge in [0, 0.05) is 39.7 Å². The molecule has 2 heterocycles. The Kier molecular flexibility index (Phi) is 6.92. The normalized spacial score (nSPS) is 24.0. The smallest absolute Gasteiger partial charge is 0.231 e. The molecule has 0 aromatic carbocycles. The minimum Gasteiger partial charge on any atom is -0.384 e. The molecule has 6 heteroatoms. The number of piperazine rings is 1. The second-order valence-corrected chi connectivity index (χ2v) is 8.33. The summed E-state index contributed by atoms with van der Waals surface area (Å²) in [5, 5.41) is 3.34. The first-order valence-electron chi connectivity index (χ1n) is 10.4. The maximum atomic E-state index is 13.2. The second kappa shape index (κ2) is 9.18. The summed E-state index contributed by atoms with van der Waals surface area (Å²) in [4.78, 5) is 29.6. The Morgan fingerprint density at radius 2 is 1.65 bits per heavy atom. The number of piperidine rings is 1. The summed E-state index contributed by atoms with van der Waals surface area (Å²) in [6.45, 7) is 4.91. The lowest BCUT2D eigenvalue weighted by Crippen LogP contribution is -2.57. The molecular formula is C20H35N3O3. The fourth-order valence-corrected chi connectivity index (χ4v) is 4.88. The van der Waals surface area contributed by atoms with Crippen molar-refractivity contribution in [2.75, 3.05) is 53.0 Å². The van der Waals surface area contributed by atoms with Crippen molar-refractivity contribution < 1.29 is 14.3 Å². The third-order valence-electron chi connectivity index (χ3n) is 6.60. The van der Waals surface area contributed by atoms with E-state index in [9.17, 15) is 9.59 Å². The summed E-state index contributed by atoms with van der Waals surface area (Å²) >= 11 is 0. The van der Waals surface area contributed by atoms with Crippen LogP contribution in [0.1, 0.15) is 51.4 Å². The van der Waals surface area contributed by atoms with Crippen LogP contribution in [0.25, 0.3) is 0 Å². The molecule has 3 aliphatic rings. The van der Waals surface area contributed by atoms with E-state index in [1.165, 1.54) is 25.7 Å². The Balaban J connectivity index is 1.47. The molecule has 3 fully saturated rings. The average Bonchev–Trinajstić information content (AvgIpc) is 3.20. The largest absolute Gasteiger partial charge is 0.384 e. The molecule has 0 aromatic heterocycles. The van der Waals surface area contributed by atoms with Crippen molar-refractivity contribution in [1.29, 1.82) is 0 Å². The SMILES string of the molecule is COCC1(C(=O)N2CCN(C(=O)CCC3CCCC3)CC2)CCNCC1. The van der Waals surface area contributed by atoms with Gasteiger partial charge < -0.3 is 19.9 Å². The zero-order chi connectivity index (χ0) is 18.4. The van der Waals surface area contributed by atoms with Gasteiger partial charge in [0.15, 0.2) is 0 Å². The van der Waals surface area contributed by atoms with Crippen LogP contribution in [0.4, 0.5) is 0 Å². The molecular weight excluding hydrogens is 330 g/mol. The van der Waals surface area contributed by atoms with E-state index >= 15 is 0 Å². The lowest BCUT2D eigenvalue weighted by atomic mass is 9.78. The molecule has 0 spiro atoms. The van der Waals surface area contributed by atoms with Crippen LogP contribution in [0.15, 0.2) is 0 Å². The van der Waals surface area contributed by atoms with Crippen LogP contribution in [0.3, 0.4) is 0 Å². The molecule has 1 saturated carbocycles. The Morgan fingerprint density at radius 3 is 2.27 bits per heavy atom. The molecule has 2 saturated heterocycles. The van der Waals surface area contributed by atoms with Crippen molar-refractivity contribution >= 4 is 11.8 Å². The molecule has 6 nitrogen and oxygen atoms in total. The summed E-state index contributed by atoms with van der Waals surface area (Å²) in [6.07, 6.45) is 8.65. The summed E-state index contributed by atoms with van der Waals surface area (Å²) in [5.74, 6) is 1.26. The van der Waals surface area contributed by atoms with Gasteiger partial charge in [0.05, 0.1) is 12.0 Å². The lowest BCUT2D eigenvalue weighted by Gasteiger charge is -2.42. The van der Waals surface area contributed by atoms with Crippen molar-refractivity contribution in [1.82, 2.24) is 15.1 Å². The third-order valence-corrected chi connectivity index (χ3v) is 6.60. The summed E-state index contributed by atoms with van der Waals surface area (Å²) in [6, 6.07) is 0. The number of rotatable bonds is 6. The molecule has 2 aliphatic heterocycles. The van der Waals surface area contributed by atoms with Gasteiger partial charge in [-0.05, 0) is 38.3 Å². The van der Waals surface area contributed by atoms with Crippen molar-refractivity contribution in [2.45, 2.75) is 51.4 Å². The van der Waals surface area contributed by atoms with E-state index in [2.05, 4.69) is 5.32 Å². The van der Waals surface area contributed by atoms with Gasteiger partial charge in [0.1, 0.15) is 0 Å².